The summed E-state index contributed by atoms with van der Waals surface area (Å²) in [5.74, 6) is -0.548. The van der Waals surface area contributed by atoms with Gasteiger partial charge in [-0.15, -0.1) is 0 Å². The largest absolute Gasteiger partial charge is 0.366 e. The minimum atomic E-state index is -0.548. The Morgan fingerprint density at radius 2 is 1.86 bits per heavy atom. The number of hydrogen-bond acceptors (Lipinski definition) is 2. The van der Waals surface area contributed by atoms with E-state index in [4.69, 9.17) is 5.73 Å². The fourth-order valence-corrected chi connectivity index (χ4v) is 2.13. The molecule has 0 fully saturated rings. The van der Waals surface area contributed by atoms with Gasteiger partial charge in [-0.25, -0.2) is 4.79 Å². The van der Waals surface area contributed by atoms with E-state index in [0.29, 0.717) is 17.8 Å². The van der Waals surface area contributed by atoms with Crippen molar-refractivity contribution >= 4 is 17.6 Å². The Balaban J connectivity index is 2.46. The van der Waals surface area contributed by atoms with Crippen LogP contribution in [0.2, 0.25) is 0 Å². The molecule has 0 aliphatic carbocycles. The predicted molar refractivity (Wildman–Crippen MR) is 85.5 cm³/mol. The Hall–Kier alpha value is -2.04. The molecular weight excluding hydrogens is 266 g/mol. The van der Waals surface area contributed by atoms with Crippen molar-refractivity contribution in [1.29, 1.82) is 0 Å². The van der Waals surface area contributed by atoms with Crippen molar-refractivity contribution in [2.75, 3.05) is 11.9 Å². The molecule has 0 atom stereocenters. The molecule has 116 valence electrons. The molecule has 3 amide bonds. The third-order valence-corrected chi connectivity index (χ3v) is 3.34. The van der Waals surface area contributed by atoms with E-state index in [-0.39, 0.29) is 6.03 Å². The average molecular weight is 291 g/mol. The number of rotatable bonds is 8. The van der Waals surface area contributed by atoms with E-state index in [1.165, 1.54) is 19.3 Å². The van der Waals surface area contributed by atoms with Gasteiger partial charge in [0.15, 0.2) is 0 Å². The Labute approximate surface area is 126 Å². The molecule has 0 aliphatic heterocycles. The van der Waals surface area contributed by atoms with E-state index >= 15 is 0 Å². The van der Waals surface area contributed by atoms with Crippen molar-refractivity contribution in [1.82, 2.24) is 5.32 Å². The first kappa shape index (κ1) is 17.0. The normalized spacial score (nSPS) is 10.2. The number of urea groups is 1. The molecule has 1 aromatic carbocycles. The molecular formula is C16H25N3O2. The molecule has 0 heterocycles. The number of benzene rings is 1. The van der Waals surface area contributed by atoms with Crippen LogP contribution in [0.4, 0.5) is 10.5 Å². The summed E-state index contributed by atoms with van der Waals surface area (Å²) in [6.07, 6.45) is 5.72. The lowest BCUT2D eigenvalue weighted by molar-refractivity contribution is 0.100. The zero-order valence-corrected chi connectivity index (χ0v) is 12.9. The first-order valence-electron chi connectivity index (χ1n) is 7.50. The summed E-state index contributed by atoms with van der Waals surface area (Å²) in [6.45, 7) is 4.63. The third-order valence-electron chi connectivity index (χ3n) is 3.34. The molecule has 0 aromatic heterocycles. The molecule has 5 heteroatoms. The lowest BCUT2D eigenvalue weighted by atomic mass is 10.1. The maximum Gasteiger partial charge on any atom is 0.319 e. The van der Waals surface area contributed by atoms with E-state index in [2.05, 4.69) is 17.6 Å². The Kier molecular flexibility index (Phi) is 7.29. The van der Waals surface area contributed by atoms with Crippen LogP contribution in [0.5, 0.6) is 0 Å². The van der Waals surface area contributed by atoms with Gasteiger partial charge in [0.1, 0.15) is 0 Å². The van der Waals surface area contributed by atoms with Crippen LogP contribution in [0.3, 0.4) is 0 Å². The van der Waals surface area contributed by atoms with E-state index in [1.54, 1.807) is 12.1 Å². The molecule has 0 saturated heterocycles. The molecule has 5 nitrogen and oxygen atoms in total. The van der Waals surface area contributed by atoms with Gasteiger partial charge in [-0.3, -0.25) is 4.79 Å². The summed E-state index contributed by atoms with van der Waals surface area (Å²) >= 11 is 0. The second-order valence-corrected chi connectivity index (χ2v) is 5.16. The molecule has 1 rings (SSSR count). The second kappa shape index (κ2) is 9.00. The second-order valence-electron chi connectivity index (χ2n) is 5.16. The highest BCUT2D eigenvalue weighted by Crippen LogP contribution is 2.19. The van der Waals surface area contributed by atoms with Crippen LogP contribution in [0, 0.1) is 6.92 Å². The van der Waals surface area contributed by atoms with Crippen molar-refractivity contribution in [3.63, 3.8) is 0 Å². The van der Waals surface area contributed by atoms with E-state index in [0.717, 1.165) is 18.4 Å². The fourth-order valence-electron chi connectivity index (χ4n) is 2.13. The highest BCUT2D eigenvalue weighted by atomic mass is 16.2. The van der Waals surface area contributed by atoms with Crippen LogP contribution < -0.4 is 16.4 Å². The highest BCUT2D eigenvalue weighted by molar-refractivity contribution is 6.03. The average Bonchev–Trinajstić information content (AvgIpc) is 2.44. The first-order valence-corrected chi connectivity index (χ1v) is 7.50. The molecule has 21 heavy (non-hydrogen) atoms. The van der Waals surface area contributed by atoms with Crippen LogP contribution in [0.15, 0.2) is 18.2 Å². The number of hydrogen-bond donors (Lipinski definition) is 3. The number of unbranched alkanes of at least 4 members (excludes halogenated alkanes) is 4. The number of carbonyl (C=O) groups is 2. The Bertz CT molecular complexity index is 486. The van der Waals surface area contributed by atoms with Gasteiger partial charge in [-0.1, -0.05) is 44.7 Å². The van der Waals surface area contributed by atoms with Gasteiger partial charge in [0, 0.05) is 6.54 Å². The van der Waals surface area contributed by atoms with E-state index in [9.17, 15) is 9.59 Å². The van der Waals surface area contributed by atoms with Crippen LogP contribution in [-0.4, -0.2) is 18.5 Å². The molecule has 0 saturated carbocycles. The molecule has 1 aromatic rings. The summed E-state index contributed by atoms with van der Waals surface area (Å²) in [4.78, 5) is 23.2. The lowest BCUT2D eigenvalue weighted by Gasteiger charge is -2.12. The van der Waals surface area contributed by atoms with Crippen LogP contribution in [0.1, 0.15) is 54.9 Å². The lowest BCUT2D eigenvalue weighted by Crippen LogP contribution is -2.31. The maximum atomic E-state index is 11.9. The van der Waals surface area contributed by atoms with Crippen molar-refractivity contribution in [3.05, 3.63) is 29.3 Å². The van der Waals surface area contributed by atoms with Gasteiger partial charge >= 0.3 is 6.03 Å². The monoisotopic (exact) mass is 291 g/mol. The quantitative estimate of drug-likeness (QED) is 0.643. The van der Waals surface area contributed by atoms with Crippen molar-refractivity contribution in [2.24, 2.45) is 5.73 Å². The Morgan fingerprint density at radius 3 is 2.52 bits per heavy atom. The number of para-hydroxylation sites is 1. The zero-order chi connectivity index (χ0) is 15.7. The van der Waals surface area contributed by atoms with Crippen LogP contribution >= 0.6 is 0 Å². The number of aryl methyl sites for hydroxylation is 1. The summed E-state index contributed by atoms with van der Waals surface area (Å²) in [6, 6.07) is 4.87. The molecule has 4 N–H and O–H groups in total. The SMILES string of the molecule is CCCCCCCNC(=O)Nc1c(C)cccc1C(N)=O. The van der Waals surface area contributed by atoms with Crippen molar-refractivity contribution in [2.45, 2.75) is 46.0 Å². The van der Waals surface area contributed by atoms with Gasteiger partial charge in [0.05, 0.1) is 11.3 Å². The number of nitrogens with two attached hydrogens (primary N) is 1. The highest BCUT2D eigenvalue weighted by Gasteiger charge is 2.12. The number of anilines is 1. The van der Waals surface area contributed by atoms with Crippen LogP contribution in [0.25, 0.3) is 0 Å². The molecule has 0 spiro atoms. The van der Waals surface area contributed by atoms with E-state index < -0.39 is 5.91 Å². The van der Waals surface area contributed by atoms with Gasteiger partial charge in [-0.05, 0) is 25.0 Å². The molecule has 0 aliphatic rings. The summed E-state index contributed by atoms with van der Waals surface area (Å²) in [7, 11) is 0. The maximum absolute atomic E-state index is 11.9. The van der Waals surface area contributed by atoms with E-state index in [1.807, 2.05) is 13.0 Å². The van der Waals surface area contributed by atoms with Gasteiger partial charge in [0.2, 0.25) is 0 Å². The predicted octanol–water partition coefficient (Wildman–Crippen LogP) is 3.19. The molecule has 0 unspecified atom stereocenters. The van der Waals surface area contributed by atoms with Gasteiger partial charge < -0.3 is 16.4 Å². The Morgan fingerprint density at radius 1 is 1.14 bits per heavy atom. The van der Waals surface area contributed by atoms with Gasteiger partial charge in [-0.2, -0.15) is 0 Å². The first-order chi connectivity index (χ1) is 10.1. The number of primary amides is 1. The minimum Gasteiger partial charge on any atom is -0.366 e. The summed E-state index contributed by atoms with van der Waals surface area (Å²) in [5, 5.41) is 5.51. The van der Waals surface area contributed by atoms with Crippen molar-refractivity contribution < 1.29 is 9.59 Å². The molecule has 0 radical (unpaired) electrons. The van der Waals surface area contributed by atoms with Gasteiger partial charge in [0.25, 0.3) is 5.91 Å². The standard InChI is InChI=1S/C16H25N3O2/c1-3-4-5-6-7-11-18-16(21)19-14-12(2)9-8-10-13(14)15(17)20/h8-10H,3-7,11H2,1-2H3,(H2,17,20)(H2,18,19,21). The summed E-state index contributed by atoms with van der Waals surface area (Å²) in [5.41, 5.74) is 6.93. The number of amides is 3. The topological polar surface area (TPSA) is 84.2 Å². The summed E-state index contributed by atoms with van der Waals surface area (Å²) < 4.78 is 0. The molecule has 0 bridgehead atoms. The van der Waals surface area contributed by atoms with Crippen molar-refractivity contribution in [3.8, 4) is 0 Å². The van der Waals surface area contributed by atoms with Crippen LogP contribution in [-0.2, 0) is 0 Å². The minimum absolute atomic E-state index is 0.303. The zero-order valence-electron chi connectivity index (χ0n) is 12.9. The number of nitrogens with one attached hydrogen (secondary N) is 2. The number of carbonyl (C=O) groups excluding carboxylic acids is 2. The smallest absolute Gasteiger partial charge is 0.319 e. The fraction of sp³-hybridized carbons (Fsp3) is 0.500. The third kappa shape index (κ3) is 5.85.